The minimum Gasteiger partial charge on any atom is -0.480 e. The van der Waals surface area contributed by atoms with E-state index in [9.17, 15) is 16.8 Å². The minimum atomic E-state index is -3.93. The van der Waals surface area contributed by atoms with Crippen LogP contribution in [0.2, 0.25) is 10.0 Å². The molecule has 12 heteroatoms. The van der Waals surface area contributed by atoms with Crippen LogP contribution in [0.4, 0.5) is 0 Å². The number of nitrogens with zero attached hydrogens (tertiary/aromatic N) is 2. The third-order valence-corrected chi connectivity index (χ3v) is 5.71. The fourth-order valence-corrected chi connectivity index (χ4v) is 3.98. The lowest BCUT2D eigenvalue weighted by Gasteiger charge is -2.10. The van der Waals surface area contributed by atoms with E-state index in [0.717, 1.165) is 12.5 Å². The van der Waals surface area contributed by atoms with Crippen molar-refractivity contribution in [1.29, 1.82) is 0 Å². The van der Waals surface area contributed by atoms with Gasteiger partial charge in [-0.15, -0.1) is 0 Å². The van der Waals surface area contributed by atoms with Gasteiger partial charge in [0.1, 0.15) is 5.69 Å². The molecule has 1 heterocycles. The third kappa shape index (κ3) is 5.02. The molecule has 136 valence electrons. The summed E-state index contributed by atoms with van der Waals surface area (Å²) in [6.45, 7) is -0.271. The van der Waals surface area contributed by atoms with E-state index in [1.807, 2.05) is 0 Å². The maximum Gasteiger partial charge on any atom is 0.241 e. The Morgan fingerprint density at radius 1 is 1.12 bits per heavy atom. The van der Waals surface area contributed by atoms with Gasteiger partial charge < -0.3 is 4.74 Å². The Bertz CT molecular complexity index is 990. The molecule has 0 amide bonds. The Balaban J connectivity index is 2.28. The molecular weight excluding hydrogens is 413 g/mol. The molecule has 0 aliphatic heterocycles. The third-order valence-electron chi connectivity index (χ3n) is 2.94. The first-order valence-corrected chi connectivity index (χ1v) is 10.7. The first-order chi connectivity index (χ1) is 11.5. The molecule has 1 N–H and O–H groups in total. The first kappa shape index (κ1) is 19.9. The number of methoxy groups -OCH3 is 1. The Kier molecular flexibility index (Phi) is 5.89. The van der Waals surface area contributed by atoms with Crippen molar-refractivity contribution in [3.8, 4) is 5.88 Å². The summed E-state index contributed by atoms with van der Waals surface area (Å²) in [5.74, 6) is -0.102. The smallest absolute Gasteiger partial charge is 0.241 e. The first-order valence-electron chi connectivity index (χ1n) is 6.58. The van der Waals surface area contributed by atoms with E-state index in [-0.39, 0.29) is 38.1 Å². The van der Waals surface area contributed by atoms with Crippen LogP contribution in [-0.4, -0.2) is 40.2 Å². The predicted octanol–water partition coefficient (Wildman–Crippen LogP) is 1.67. The summed E-state index contributed by atoms with van der Waals surface area (Å²) in [5.41, 5.74) is 0.117. The van der Waals surface area contributed by atoms with Gasteiger partial charge >= 0.3 is 0 Å². The molecule has 2 aromatic rings. The number of ether oxygens (including phenoxy) is 1. The summed E-state index contributed by atoms with van der Waals surface area (Å²) in [6, 6.07) is 3.89. The predicted molar refractivity (Wildman–Crippen MR) is 92.2 cm³/mol. The molecule has 0 spiro atoms. The van der Waals surface area contributed by atoms with E-state index < -0.39 is 19.9 Å². The van der Waals surface area contributed by atoms with Crippen LogP contribution in [0.5, 0.6) is 5.88 Å². The molecule has 0 saturated heterocycles. The Labute approximate surface area is 155 Å². The van der Waals surface area contributed by atoms with E-state index in [0.29, 0.717) is 0 Å². The molecule has 8 nitrogen and oxygen atoms in total. The highest BCUT2D eigenvalue weighted by Gasteiger charge is 2.19. The number of nitrogens with one attached hydrogen (secondary N) is 1. The lowest BCUT2D eigenvalue weighted by Crippen LogP contribution is -2.24. The van der Waals surface area contributed by atoms with Gasteiger partial charge in [0.25, 0.3) is 0 Å². The van der Waals surface area contributed by atoms with Crippen LogP contribution in [0, 0.1) is 0 Å². The second-order valence-electron chi connectivity index (χ2n) is 4.87. The van der Waals surface area contributed by atoms with E-state index in [1.165, 1.54) is 25.3 Å². The van der Waals surface area contributed by atoms with Crippen molar-refractivity contribution < 1.29 is 21.6 Å². The zero-order chi connectivity index (χ0) is 18.8. The standard InChI is InChI=1S/C13H13Cl2N3O5S2/c1-23-13-11(16-7-12(18-13)24(2,19)20)6-17-25(21,22)10-4-8(14)3-9(15)5-10/h3-5,7,17H,6H2,1-2H3. The van der Waals surface area contributed by atoms with E-state index in [4.69, 9.17) is 27.9 Å². The van der Waals surface area contributed by atoms with E-state index in [1.54, 1.807) is 0 Å². The number of hydrogen-bond acceptors (Lipinski definition) is 7. The number of sulfonamides is 1. The number of benzene rings is 1. The lowest BCUT2D eigenvalue weighted by atomic mass is 10.4. The molecule has 0 aliphatic rings. The van der Waals surface area contributed by atoms with Crippen LogP contribution in [0.3, 0.4) is 0 Å². The normalized spacial score (nSPS) is 12.2. The molecule has 1 aromatic heterocycles. The van der Waals surface area contributed by atoms with Gasteiger partial charge in [0.15, 0.2) is 14.9 Å². The number of rotatable bonds is 6. The van der Waals surface area contributed by atoms with Crippen molar-refractivity contribution in [3.05, 3.63) is 40.1 Å². The van der Waals surface area contributed by atoms with Crippen molar-refractivity contribution in [2.45, 2.75) is 16.5 Å². The number of aromatic nitrogens is 2. The van der Waals surface area contributed by atoms with Gasteiger partial charge in [0.05, 0.1) is 24.7 Å². The van der Waals surface area contributed by atoms with Gasteiger partial charge in [-0.05, 0) is 18.2 Å². The zero-order valence-corrected chi connectivity index (χ0v) is 16.2. The van der Waals surface area contributed by atoms with Crippen LogP contribution in [0.1, 0.15) is 5.69 Å². The molecule has 2 rings (SSSR count). The molecule has 0 radical (unpaired) electrons. The number of sulfone groups is 1. The van der Waals surface area contributed by atoms with Crippen LogP contribution in [-0.2, 0) is 26.4 Å². The van der Waals surface area contributed by atoms with Crippen LogP contribution < -0.4 is 9.46 Å². The highest BCUT2D eigenvalue weighted by molar-refractivity contribution is 7.90. The lowest BCUT2D eigenvalue weighted by molar-refractivity contribution is 0.384. The number of hydrogen-bond donors (Lipinski definition) is 1. The summed E-state index contributed by atoms with van der Waals surface area (Å²) >= 11 is 11.6. The quantitative estimate of drug-likeness (QED) is 0.747. The highest BCUT2D eigenvalue weighted by atomic mass is 35.5. The van der Waals surface area contributed by atoms with Crippen molar-refractivity contribution >= 4 is 43.1 Å². The number of halogens is 2. The molecule has 0 bridgehead atoms. The van der Waals surface area contributed by atoms with Crippen molar-refractivity contribution in [3.63, 3.8) is 0 Å². The fraction of sp³-hybridized carbons (Fsp3) is 0.231. The minimum absolute atomic E-state index is 0.102. The van der Waals surface area contributed by atoms with E-state index >= 15 is 0 Å². The Hall–Kier alpha value is -1.46. The van der Waals surface area contributed by atoms with Gasteiger partial charge in [0, 0.05) is 16.3 Å². The van der Waals surface area contributed by atoms with Crippen LogP contribution in [0.25, 0.3) is 0 Å². The fourth-order valence-electron chi connectivity index (χ4n) is 1.78. The summed E-state index contributed by atoms with van der Waals surface area (Å²) < 4.78 is 54.9. The Morgan fingerprint density at radius 3 is 2.24 bits per heavy atom. The maximum absolute atomic E-state index is 12.3. The largest absolute Gasteiger partial charge is 0.480 e. The zero-order valence-electron chi connectivity index (χ0n) is 13.0. The van der Waals surface area contributed by atoms with Crippen molar-refractivity contribution in [2.75, 3.05) is 13.4 Å². The highest BCUT2D eigenvalue weighted by Crippen LogP contribution is 2.23. The van der Waals surface area contributed by atoms with Gasteiger partial charge in [-0.3, -0.25) is 4.98 Å². The molecule has 0 unspecified atom stereocenters. The van der Waals surface area contributed by atoms with Gasteiger partial charge in [-0.25, -0.2) is 21.6 Å². The summed E-state index contributed by atoms with van der Waals surface area (Å²) in [4.78, 5) is 7.60. The summed E-state index contributed by atoms with van der Waals surface area (Å²) in [5, 5.41) is 0.0584. The monoisotopic (exact) mass is 425 g/mol. The van der Waals surface area contributed by atoms with Crippen molar-refractivity contribution in [1.82, 2.24) is 14.7 Å². The summed E-state index contributed by atoms with van der Waals surface area (Å²) in [7, 11) is -6.23. The average Bonchev–Trinajstić information content (AvgIpc) is 2.51. The van der Waals surface area contributed by atoms with Gasteiger partial charge in [-0.1, -0.05) is 23.2 Å². The molecule has 0 saturated carbocycles. The van der Waals surface area contributed by atoms with Crippen LogP contribution in [0.15, 0.2) is 34.3 Å². The van der Waals surface area contributed by atoms with Gasteiger partial charge in [0.2, 0.25) is 15.9 Å². The van der Waals surface area contributed by atoms with Crippen LogP contribution >= 0.6 is 23.2 Å². The summed E-state index contributed by atoms with van der Waals surface area (Å²) in [6.07, 6.45) is 2.00. The maximum atomic E-state index is 12.3. The topological polar surface area (TPSA) is 115 Å². The second-order valence-corrected chi connectivity index (χ2v) is 9.47. The molecule has 0 aliphatic carbocycles. The second kappa shape index (κ2) is 7.42. The molecule has 0 fully saturated rings. The molecule has 25 heavy (non-hydrogen) atoms. The van der Waals surface area contributed by atoms with Crippen molar-refractivity contribution in [2.24, 2.45) is 0 Å². The average molecular weight is 426 g/mol. The molecule has 0 atom stereocenters. The Morgan fingerprint density at radius 2 is 1.72 bits per heavy atom. The molecular formula is C13H13Cl2N3O5S2. The van der Waals surface area contributed by atoms with Gasteiger partial charge in [-0.2, -0.15) is 4.98 Å². The molecule has 1 aromatic carbocycles. The SMILES string of the molecule is COc1nc(S(C)(=O)=O)cnc1CNS(=O)(=O)c1cc(Cl)cc(Cl)c1. The van der Waals surface area contributed by atoms with E-state index in [2.05, 4.69) is 14.7 Å².